The van der Waals surface area contributed by atoms with Crippen LogP contribution in [-0.2, 0) is 14.3 Å². The van der Waals surface area contributed by atoms with Gasteiger partial charge in [0.15, 0.2) is 17.2 Å². The van der Waals surface area contributed by atoms with Crippen LogP contribution in [0, 0.1) is 0 Å². The summed E-state index contributed by atoms with van der Waals surface area (Å²) in [6.07, 6.45) is 0. The molecule has 8 heteroatoms. The quantitative estimate of drug-likeness (QED) is 0.745. The summed E-state index contributed by atoms with van der Waals surface area (Å²) in [5, 5.41) is 1.90. The molecular weight excluding hydrogens is 368 g/mol. The van der Waals surface area contributed by atoms with Crippen molar-refractivity contribution in [2.45, 2.75) is 6.92 Å². The van der Waals surface area contributed by atoms with Gasteiger partial charge in [-0.25, -0.2) is 9.59 Å². The first-order valence-electron chi connectivity index (χ1n) is 5.64. The Hall–Kier alpha value is -1.12. The van der Waals surface area contributed by atoms with Gasteiger partial charge in [-0.2, -0.15) is 0 Å². The second-order valence-corrected chi connectivity index (χ2v) is 6.34. The summed E-state index contributed by atoms with van der Waals surface area (Å²) in [4.78, 5) is 23.5. The minimum Gasteiger partial charge on any atom is -0.479 e. The third-order valence-corrected chi connectivity index (χ3v) is 5.81. The highest BCUT2D eigenvalue weighted by atomic mass is 79.9. The number of hydrogen-bond acceptors (Lipinski definition) is 7. The van der Waals surface area contributed by atoms with Crippen molar-refractivity contribution in [1.29, 1.82) is 0 Å². The van der Waals surface area contributed by atoms with Crippen LogP contribution in [0.15, 0.2) is 9.85 Å². The third-order valence-electron chi connectivity index (χ3n) is 2.33. The van der Waals surface area contributed by atoms with E-state index in [1.165, 1.54) is 29.8 Å². The third kappa shape index (κ3) is 2.97. The fourth-order valence-corrected chi connectivity index (χ4v) is 4.57. The number of carbonyl (C=O) groups excluding carboxylic acids is 2. The maximum atomic E-state index is 11.8. The van der Waals surface area contributed by atoms with Gasteiger partial charge < -0.3 is 14.2 Å². The van der Waals surface area contributed by atoms with Crippen LogP contribution in [0.3, 0.4) is 0 Å². The average molecular weight is 379 g/mol. The lowest BCUT2D eigenvalue weighted by molar-refractivity contribution is -0.145. The largest absolute Gasteiger partial charge is 0.479 e. The van der Waals surface area contributed by atoms with E-state index in [1.54, 1.807) is 6.92 Å². The highest BCUT2D eigenvalue weighted by molar-refractivity contribution is 9.10. The fourth-order valence-electron chi connectivity index (χ4n) is 1.52. The zero-order chi connectivity index (χ0) is 14.7. The van der Waals surface area contributed by atoms with Gasteiger partial charge in [0.1, 0.15) is 0 Å². The number of ether oxygens (including phenoxy) is 3. The first-order chi connectivity index (χ1) is 9.58. The van der Waals surface area contributed by atoms with E-state index in [-0.39, 0.29) is 13.2 Å². The van der Waals surface area contributed by atoms with Gasteiger partial charge in [0.25, 0.3) is 0 Å². The number of rotatable bonds is 5. The number of methoxy groups -OCH3 is 1. The van der Waals surface area contributed by atoms with Crippen molar-refractivity contribution >= 4 is 59.9 Å². The molecule has 0 fully saturated rings. The molecule has 0 atom stereocenters. The second-order valence-electron chi connectivity index (χ2n) is 3.59. The van der Waals surface area contributed by atoms with Crippen LogP contribution in [0.5, 0.6) is 5.75 Å². The highest BCUT2D eigenvalue weighted by Gasteiger charge is 2.24. The molecule has 0 spiro atoms. The number of halogens is 1. The molecule has 0 aliphatic rings. The van der Waals surface area contributed by atoms with Crippen LogP contribution in [0.1, 0.15) is 16.6 Å². The Balaban J connectivity index is 2.33. The molecule has 0 saturated carbocycles. The van der Waals surface area contributed by atoms with Crippen molar-refractivity contribution in [1.82, 2.24) is 0 Å². The summed E-state index contributed by atoms with van der Waals surface area (Å²) >= 11 is 6.11. The van der Waals surface area contributed by atoms with Gasteiger partial charge in [-0.1, -0.05) is 0 Å². The van der Waals surface area contributed by atoms with Crippen LogP contribution in [-0.4, -0.2) is 32.3 Å². The molecule has 5 nitrogen and oxygen atoms in total. The smallest absolute Gasteiger partial charge is 0.351 e. The molecule has 0 N–H and O–H groups in total. The van der Waals surface area contributed by atoms with E-state index in [0.717, 1.165) is 13.9 Å². The molecule has 0 aliphatic carbocycles. The van der Waals surface area contributed by atoms with Crippen LogP contribution >= 0.6 is 38.6 Å². The monoisotopic (exact) mass is 378 g/mol. The topological polar surface area (TPSA) is 61.8 Å². The van der Waals surface area contributed by atoms with Gasteiger partial charge in [-0.15, -0.1) is 22.7 Å². The van der Waals surface area contributed by atoms with Gasteiger partial charge in [0.05, 0.1) is 23.1 Å². The zero-order valence-corrected chi connectivity index (χ0v) is 13.9. The lowest BCUT2D eigenvalue weighted by atomic mass is 10.4. The van der Waals surface area contributed by atoms with E-state index in [0.29, 0.717) is 10.6 Å². The van der Waals surface area contributed by atoms with E-state index in [4.69, 9.17) is 14.2 Å². The molecule has 0 aromatic carbocycles. The van der Waals surface area contributed by atoms with Crippen molar-refractivity contribution < 1.29 is 23.8 Å². The summed E-state index contributed by atoms with van der Waals surface area (Å²) in [6.45, 7) is 1.77. The van der Waals surface area contributed by atoms with Gasteiger partial charge in [0, 0.05) is 9.85 Å². The fraction of sp³-hybridized carbons (Fsp3) is 0.333. The molecule has 2 rings (SSSR count). The Bertz CT molecular complexity index is 646. The Labute approximate surface area is 131 Å². The van der Waals surface area contributed by atoms with E-state index in [9.17, 15) is 9.59 Å². The summed E-state index contributed by atoms with van der Waals surface area (Å²) in [6, 6.07) is 0. The molecule has 0 aliphatic heterocycles. The van der Waals surface area contributed by atoms with Gasteiger partial charge in [-0.3, -0.25) is 0 Å². The zero-order valence-electron chi connectivity index (χ0n) is 10.7. The Morgan fingerprint density at radius 2 is 2.10 bits per heavy atom. The lowest BCUT2D eigenvalue weighted by Crippen LogP contribution is -2.15. The van der Waals surface area contributed by atoms with Crippen molar-refractivity contribution in [2.75, 3.05) is 20.3 Å². The maximum Gasteiger partial charge on any atom is 0.351 e. The maximum absolute atomic E-state index is 11.8. The molecule has 0 amide bonds. The van der Waals surface area contributed by atoms with Gasteiger partial charge in [0.2, 0.25) is 0 Å². The minimum atomic E-state index is -0.482. The number of fused-ring (bicyclic) bond motifs is 1. The molecule has 0 unspecified atom stereocenters. The van der Waals surface area contributed by atoms with E-state index in [1.807, 2.05) is 5.38 Å². The molecule has 2 heterocycles. The van der Waals surface area contributed by atoms with Crippen molar-refractivity contribution in [3.8, 4) is 5.75 Å². The van der Waals surface area contributed by atoms with Crippen molar-refractivity contribution in [3.05, 3.63) is 14.7 Å². The predicted octanol–water partition coefficient (Wildman–Crippen LogP) is 3.45. The van der Waals surface area contributed by atoms with Gasteiger partial charge in [-0.05, 0) is 22.9 Å². The van der Waals surface area contributed by atoms with Crippen molar-refractivity contribution in [3.63, 3.8) is 0 Å². The summed E-state index contributed by atoms with van der Waals surface area (Å²) in [5.41, 5.74) is 0. The van der Waals surface area contributed by atoms with Gasteiger partial charge >= 0.3 is 11.9 Å². The van der Waals surface area contributed by atoms with Crippen LogP contribution in [0.25, 0.3) is 9.40 Å². The molecule has 0 bridgehead atoms. The molecule has 2 aromatic rings. The second kappa shape index (κ2) is 6.55. The molecule has 0 saturated heterocycles. The standard InChI is InChI=1S/C12H11BrO5S2/c1-3-17-7(14)4-18-8-10-9(6(13)5-19-10)20-11(8)12(15)16-2/h5H,3-4H2,1-2H3. The van der Waals surface area contributed by atoms with Crippen LogP contribution in [0.4, 0.5) is 0 Å². The summed E-state index contributed by atoms with van der Waals surface area (Å²) < 4.78 is 17.6. The number of esters is 2. The number of carbonyl (C=O) groups is 2. The van der Waals surface area contributed by atoms with Crippen LogP contribution in [0.2, 0.25) is 0 Å². The summed E-state index contributed by atoms with van der Waals surface area (Å²) in [5.74, 6) is -0.581. The normalized spacial score (nSPS) is 10.6. The highest BCUT2D eigenvalue weighted by Crippen LogP contribution is 2.45. The molecule has 20 heavy (non-hydrogen) atoms. The Kier molecular flexibility index (Phi) is 5.00. The van der Waals surface area contributed by atoms with Crippen LogP contribution < -0.4 is 4.74 Å². The van der Waals surface area contributed by atoms with E-state index in [2.05, 4.69) is 15.9 Å². The predicted molar refractivity (Wildman–Crippen MR) is 80.9 cm³/mol. The molecule has 2 aromatic heterocycles. The Morgan fingerprint density at radius 3 is 2.75 bits per heavy atom. The first-order valence-corrected chi connectivity index (χ1v) is 8.13. The molecule has 108 valence electrons. The number of hydrogen-bond donors (Lipinski definition) is 0. The average Bonchev–Trinajstić information content (AvgIpc) is 2.96. The van der Waals surface area contributed by atoms with E-state index < -0.39 is 11.9 Å². The molecule has 0 radical (unpaired) electrons. The van der Waals surface area contributed by atoms with E-state index >= 15 is 0 Å². The summed E-state index contributed by atoms with van der Waals surface area (Å²) in [7, 11) is 1.31. The van der Waals surface area contributed by atoms with Crippen molar-refractivity contribution in [2.24, 2.45) is 0 Å². The Morgan fingerprint density at radius 1 is 1.35 bits per heavy atom. The SMILES string of the molecule is CCOC(=O)COc1c(C(=O)OC)sc2c(Br)csc12. The lowest BCUT2D eigenvalue weighted by Gasteiger charge is -2.06. The molecular formula is C12H11BrO5S2. The first kappa shape index (κ1) is 15.3. The minimum absolute atomic E-state index is 0.237. The number of thiophene rings is 2.